The average molecular weight is 292 g/mol. The van der Waals surface area contributed by atoms with Crippen molar-refractivity contribution in [2.45, 2.75) is 37.3 Å². The summed E-state index contributed by atoms with van der Waals surface area (Å²) in [6.45, 7) is 2.14. The Bertz CT molecular complexity index is 741. The van der Waals surface area contributed by atoms with Crippen molar-refractivity contribution in [2.75, 3.05) is 18.0 Å². The highest BCUT2D eigenvalue weighted by molar-refractivity contribution is 6.01. The van der Waals surface area contributed by atoms with Gasteiger partial charge in [-0.3, -0.25) is 14.6 Å². The topological polar surface area (TPSA) is 23.6 Å². The van der Waals surface area contributed by atoms with Crippen LogP contribution in [0.4, 0.5) is 5.69 Å². The number of nitrogens with zero attached hydrogens (tertiary/aromatic N) is 2. The van der Waals surface area contributed by atoms with E-state index >= 15 is 0 Å². The van der Waals surface area contributed by atoms with Crippen molar-refractivity contribution < 1.29 is 4.79 Å². The summed E-state index contributed by atoms with van der Waals surface area (Å²) in [6, 6.07) is 8.70. The van der Waals surface area contributed by atoms with Crippen LogP contribution >= 0.6 is 0 Å². The summed E-state index contributed by atoms with van der Waals surface area (Å²) in [6.07, 6.45) is 9.14. The molecule has 0 radical (unpaired) electrons. The molecule has 2 unspecified atom stereocenters. The predicted octanol–water partition coefficient (Wildman–Crippen LogP) is 2.89. The Morgan fingerprint density at radius 3 is 3.05 bits per heavy atom. The van der Waals surface area contributed by atoms with Gasteiger partial charge in [0.1, 0.15) is 5.66 Å². The van der Waals surface area contributed by atoms with Gasteiger partial charge in [0.05, 0.1) is 0 Å². The van der Waals surface area contributed by atoms with Gasteiger partial charge in [0.15, 0.2) is 0 Å². The lowest BCUT2D eigenvalue weighted by Gasteiger charge is -2.63. The minimum atomic E-state index is -0.0455. The number of benzene rings is 1. The van der Waals surface area contributed by atoms with E-state index in [1.165, 1.54) is 30.5 Å². The van der Waals surface area contributed by atoms with E-state index < -0.39 is 0 Å². The van der Waals surface area contributed by atoms with Gasteiger partial charge in [-0.05, 0) is 36.8 Å². The minimum Gasteiger partial charge on any atom is -0.292 e. The molecule has 1 aromatic carbocycles. The Hall–Kier alpha value is -1.61. The van der Waals surface area contributed by atoms with Crippen molar-refractivity contribution in [3.05, 3.63) is 42.0 Å². The molecule has 0 aromatic heterocycles. The monoisotopic (exact) mass is 292 g/mol. The molecular formula is C19H20N2O. The zero-order valence-electron chi connectivity index (χ0n) is 12.7. The second kappa shape index (κ2) is 3.48. The summed E-state index contributed by atoms with van der Waals surface area (Å²) < 4.78 is 0. The highest BCUT2D eigenvalue weighted by atomic mass is 16.2. The molecule has 22 heavy (non-hydrogen) atoms. The van der Waals surface area contributed by atoms with E-state index in [1.54, 1.807) is 0 Å². The normalized spacial score (nSPS) is 44.2. The van der Waals surface area contributed by atoms with Gasteiger partial charge in [0.25, 0.3) is 0 Å². The first-order chi connectivity index (χ1) is 10.8. The van der Waals surface area contributed by atoms with E-state index in [1.807, 2.05) is 0 Å². The van der Waals surface area contributed by atoms with E-state index in [2.05, 4.69) is 46.2 Å². The molecule has 4 heterocycles. The van der Waals surface area contributed by atoms with Gasteiger partial charge in [0.2, 0.25) is 5.91 Å². The molecule has 2 saturated heterocycles. The third kappa shape index (κ3) is 0.978. The molecule has 1 aliphatic carbocycles. The summed E-state index contributed by atoms with van der Waals surface area (Å²) in [5.74, 6) is 1.60. The fourth-order valence-corrected chi connectivity index (χ4v) is 6.75. The lowest BCUT2D eigenvalue weighted by molar-refractivity contribution is -0.119. The number of hydrogen-bond acceptors (Lipinski definition) is 2. The highest BCUT2D eigenvalue weighted by Crippen LogP contribution is 2.71. The third-order valence-corrected chi connectivity index (χ3v) is 7.23. The smallest absolute Gasteiger partial charge is 0.229 e. The summed E-state index contributed by atoms with van der Waals surface area (Å²) in [7, 11) is 0. The molecular weight excluding hydrogens is 272 g/mol. The molecule has 2 bridgehead atoms. The number of hydrogen-bond donors (Lipinski definition) is 0. The van der Waals surface area contributed by atoms with Crippen molar-refractivity contribution in [1.29, 1.82) is 0 Å². The van der Waals surface area contributed by atoms with Crippen LogP contribution in [0.5, 0.6) is 0 Å². The Kier molecular flexibility index (Phi) is 1.88. The van der Waals surface area contributed by atoms with Gasteiger partial charge in [-0.2, -0.15) is 0 Å². The van der Waals surface area contributed by atoms with Crippen LogP contribution in [-0.2, 0) is 4.79 Å². The Morgan fingerprint density at radius 1 is 1.18 bits per heavy atom. The second-order valence-corrected chi connectivity index (χ2v) is 7.74. The average Bonchev–Trinajstić information content (AvgIpc) is 2.99. The summed E-state index contributed by atoms with van der Waals surface area (Å²) >= 11 is 0. The molecule has 112 valence electrons. The van der Waals surface area contributed by atoms with Crippen LogP contribution in [0.3, 0.4) is 0 Å². The van der Waals surface area contributed by atoms with Crippen molar-refractivity contribution in [1.82, 2.24) is 4.90 Å². The van der Waals surface area contributed by atoms with Crippen LogP contribution in [-0.4, -0.2) is 29.6 Å². The van der Waals surface area contributed by atoms with Gasteiger partial charge in [-0.15, -0.1) is 0 Å². The molecule has 3 fully saturated rings. The molecule has 4 aliphatic heterocycles. The molecule has 1 saturated carbocycles. The number of amides is 1. The standard InChI is InChI=1S/C19H20N2O/c22-17-12-18-8-3-10-20-11-7-13-14-4-1-2-5-16(14)21(17)19(18,20)15(13)6-9-18/h1-5,8,13,15H,6-7,9-12H2/t13-,15-,18?,19?/m1/s1. The van der Waals surface area contributed by atoms with Crippen LogP contribution in [0.2, 0.25) is 0 Å². The Labute approximate surface area is 130 Å². The Morgan fingerprint density at radius 2 is 2.09 bits per heavy atom. The van der Waals surface area contributed by atoms with Crippen LogP contribution in [0.1, 0.15) is 37.2 Å². The predicted molar refractivity (Wildman–Crippen MR) is 84.5 cm³/mol. The number of fused-ring (bicyclic) bond motifs is 3. The van der Waals surface area contributed by atoms with E-state index in [0.29, 0.717) is 24.2 Å². The molecule has 1 spiro atoms. The molecule has 4 atom stereocenters. The summed E-state index contributed by atoms with van der Waals surface area (Å²) in [4.78, 5) is 17.9. The fourth-order valence-electron chi connectivity index (χ4n) is 6.75. The molecule has 3 nitrogen and oxygen atoms in total. The first-order valence-electron chi connectivity index (χ1n) is 8.63. The number of piperidine rings is 1. The van der Waals surface area contributed by atoms with Crippen molar-refractivity contribution in [3.8, 4) is 0 Å². The quantitative estimate of drug-likeness (QED) is 0.687. The molecule has 1 aromatic rings. The Balaban J connectivity index is 1.74. The fraction of sp³-hybridized carbons (Fsp3) is 0.526. The number of para-hydroxylation sites is 1. The molecule has 3 heteroatoms. The second-order valence-electron chi connectivity index (χ2n) is 7.74. The lowest BCUT2D eigenvalue weighted by Crippen LogP contribution is -2.72. The van der Waals surface area contributed by atoms with Gasteiger partial charge in [-0.1, -0.05) is 30.4 Å². The zero-order chi connectivity index (χ0) is 14.5. The lowest BCUT2D eigenvalue weighted by atomic mass is 9.63. The van der Waals surface area contributed by atoms with Gasteiger partial charge >= 0.3 is 0 Å². The first-order valence-corrected chi connectivity index (χ1v) is 8.63. The summed E-state index contributed by atoms with van der Waals surface area (Å²) in [5.41, 5.74) is 2.66. The van der Waals surface area contributed by atoms with Crippen LogP contribution in [0.25, 0.3) is 0 Å². The van der Waals surface area contributed by atoms with Crippen molar-refractivity contribution >= 4 is 11.6 Å². The minimum absolute atomic E-state index is 0.0455. The molecule has 1 amide bonds. The van der Waals surface area contributed by atoms with Gasteiger partial charge in [0, 0.05) is 36.5 Å². The van der Waals surface area contributed by atoms with E-state index in [9.17, 15) is 4.79 Å². The number of carbonyl (C=O) groups is 1. The van der Waals surface area contributed by atoms with Crippen molar-refractivity contribution in [2.24, 2.45) is 11.3 Å². The number of rotatable bonds is 0. The molecule has 0 N–H and O–H groups in total. The maximum absolute atomic E-state index is 13.1. The van der Waals surface area contributed by atoms with E-state index in [0.717, 1.165) is 13.1 Å². The van der Waals surface area contributed by atoms with Crippen LogP contribution in [0.15, 0.2) is 36.4 Å². The van der Waals surface area contributed by atoms with Gasteiger partial charge in [-0.25, -0.2) is 0 Å². The maximum atomic E-state index is 13.1. The number of carbonyl (C=O) groups excluding carboxylic acids is 1. The number of anilines is 1. The molecule has 6 rings (SSSR count). The third-order valence-electron chi connectivity index (χ3n) is 7.23. The van der Waals surface area contributed by atoms with Crippen molar-refractivity contribution in [3.63, 3.8) is 0 Å². The van der Waals surface area contributed by atoms with E-state index in [4.69, 9.17) is 0 Å². The SMILES string of the molecule is O=C1CC23C=CCN4CC[C@@H]5c6ccccc6N1C42[C@@H]5CC3. The van der Waals surface area contributed by atoms with Gasteiger partial charge < -0.3 is 0 Å². The zero-order valence-corrected chi connectivity index (χ0v) is 12.7. The van der Waals surface area contributed by atoms with Crippen LogP contribution in [0, 0.1) is 11.3 Å². The largest absolute Gasteiger partial charge is 0.292 e. The summed E-state index contributed by atoms with van der Waals surface area (Å²) in [5, 5.41) is 0. The molecule has 5 aliphatic rings. The first kappa shape index (κ1) is 11.9. The maximum Gasteiger partial charge on any atom is 0.229 e. The van der Waals surface area contributed by atoms with E-state index in [-0.39, 0.29) is 11.1 Å². The highest BCUT2D eigenvalue weighted by Gasteiger charge is 2.75. The van der Waals surface area contributed by atoms with Crippen LogP contribution < -0.4 is 4.90 Å².